The quantitative estimate of drug-likeness (QED) is 0.538. The minimum absolute atomic E-state index is 0.597. The molecule has 0 heterocycles. The second-order valence-electron chi connectivity index (χ2n) is 3.94. The molecule has 0 N–H and O–H groups in total. The van der Waals surface area contributed by atoms with Crippen molar-refractivity contribution >= 4 is 11.8 Å². The van der Waals surface area contributed by atoms with Crippen LogP contribution in [0.3, 0.4) is 0 Å². The second kappa shape index (κ2) is 8.62. The Hall–Kier alpha value is -1.45. The Morgan fingerprint density at radius 2 is 1.42 bits per heavy atom. The summed E-state index contributed by atoms with van der Waals surface area (Å²) in [5.74, 6) is 1.86. The fourth-order valence-electron chi connectivity index (χ4n) is 1.57. The van der Waals surface area contributed by atoms with E-state index in [9.17, 15) is 0 Å². The third kappa shape index (κ3) is 5.81. The molecule has 2 aromatic carbocycles. The molecule has 2 nitrogen and oxygen atoms in total. The number of rotatable bonds is 8. The molecule has 0 unspecified atom stereocenters. The van der Waals surface area contributed by atoms with E-state index in [1.54, 1.807) is 0 Å². The summed E-state index contributed by atoms with van der Waals surface area (Å²) in [6.45, 7) is 1.97. The van der Waals surface area contributed by atoms with Crippen LogP contribution < -0.4 is 4.74 Å². The Morgan fingerprint density at radius 1 is 0.737 bits per heavy atom. The SMILES string of the molecule is c1ccc(OCCOCCSc2ccccc2)cc1. The van der Waals surface area contributed by atoms with Gasteiger partial charge in [-0.2, -0.15) is 0 Å². The summed E-state index contributed by atoms with van der Waals surface area (Å²) in [7, 11) is 0. The molecule has 0 radical (unpaired) electrons. The molecule has 0 aromatic heterocycles. The van der Waals surface area contributed by atoms with Gasteiger partial charge in [0.2, 0.25) is 0 Å². The van der Waals surface area contributed by atoms with Crippen LogP contribution in [0.5, 0.6) is 5.75 Å². The summed E-state index contributed by atoms with van der Waals surface area (Å²) in [6, 6.07) is 20.2. The lowest BCUT2D eigenvalue weighted by Crippen LogP contribution is -2.08. The molecule has 19 heavy (non-hydrogen) atoms. The van der Waals surface area contributed by atoms with E-state index >= 15 is 0 Å². The molecule has 0 aliphatic heterocycles. The predicted octanol–water partition coefficient (Wildman–Crippen LogP) is 3.87. The highest BCUT2D eigenvalue weighted by Gasteiger charge is 1.94. The molecule has 2 rings (SSSR count). The topological polar surface area (TPSA) is 18.5 Å². The molecule has 2 aromatic rings. The van der Waals surface area contributed by atoms with Crippen LogP contribution in [0.4, 0.5) is 0 Å². The maximum atomic E-state index is 5.54. The van der Waals surface area contributed by atoms with Crippen LogP contribution in [-0.2, 0) is 4.74 Å². The Morgan fingerprint density at radius 3 is 2.16 bits per heavy atom. The van der Waals surface area contributed by atoms with Crippen molar-refractivity contribution in [3.05, 3.63) is 60.7 Å². The first-order valence-electron chi connectivity index (χ1n) is 6.38. The van der Waals surface area contributed by atoms with Crippen LogP contribution in [0, 0.1) is 0 Å². The molecule has 0 fully saturated rings. The average molecular weight is 274 g/mol. The number of thioether (sulfide) groups is 1. The van der Waals surface area contributed by atoms with E-state index in [4.69, 9.17) is 9.47 Å². The van der Waals surface area contributed by atoms with E-state index in [2.05, 4.69) is 24.3 Å². The van der Waals surface area contributed by atoms with Crippen molar-refractivity contribution < 1.29 is 9.47 Å². The minimum atomic E-state index is 0.597. The number of hydrogen-bond donors (Lipinski definition) is 0. The van der Waals surface area contributed by atoms with Crippen molar-refractivity contribution in [2.45, 2.75) is 4.90 Å². The van der Waals surface area contributed by atoms with Gasteiger partial charge in [0.1, 0.15) is 12.4 Å². The summed E-state index contributed by atoms with van der Waals surface area (Å²) in [5, 5.41) is 0. The molecular weight excluding hydrogens is 256 g/mol. The fourth-order valence-corrected chi connectivity index (χ4v) is 2.36. The summed E-state index contributed by atoms with van der Waals surface area (Å²) in [4.78, 5) is 1.28. The van der Waals surface area contributed by atoms with Gasteiger partial charge in [-0.3, -0.25) is 0 Å². The van der Waals surface area contributed by atoms with Crippen molar-refractivity contribution in [2.24, 2.45) is 0 Å². The molecule has 100 valence electrons. The van der Waals surface area contributed by atoms with Gasteiger partial charge < -0.3 is 9.47 Å². The van der Waals surface area contributed by atoms with Crippen LogP contribution >= 0.6 is 11.8 Å². The van der Waals surface area contributed by atoms with Crippen LogP contribution in [0.25, 0.3) is 0 Å². The molecule has 3 heteroatoms. The van der Waals surface area contributed by atoms with Crippen molar-refractivity contribution in [1.29, 1.82) is 0 Å². The third-order valence-corrected chi connectivity index (χ3v) is 3.46. The molecular formula is C16H18O2S. The molecule has 0 bridgehead atoms. The van der Waals surface area contributed by atoms with Gasteiger partial charge in [0.15, 0.2) is 0 Å². The first-order chi connectivity index (χ1) is 9.45. The van der Waals surface area contributed by atoms with Gasteiger partial charge in [-0.25, -0.2) is 0 Å². The number of para-hydroxylation sites is 1. The zero-order chi connectivity index (χ0) is 13.2. The molecule has 0 amide bonds. The first kappa shape index (κ1) is 14.0. The zero-order valence-corrected chi connectivity index (χ0v) is 11.6. The van der Waals surface area contributed by atoms with Gasteiger partial charge in [-0.1, -0.05) is 36.4 Å². The van der Waals surface area contributed by atoms with Crippen molar-refractivity contribution in [2.75, 3.05) is 25.6 Å². The Kier molecular flexibility index (Phi) is 6.34. The van der Waals surface area contributed by atoms with Gasteiger partial charge in [-0.05, 0) is 24.3 Å². The van der Waals surface area contributed by atoms with Crippen LogP contribution in [0.1, 0.15) is 0 Å². The van der Waals surface area contributed by atoms with E-state index in [0.29, 0.717) is 13.2 Å². The van der Waals surface area contributed by atoms with Gasteiger partial charge in [0, 0.05) is 10.6 Å². The van der Waals surface area contributed by atoms with Gasteiger partial charge in [0.25, 0.3) is 0 Å². The Labute approximate surface area is 118 Å². The molecule has 0 aliphatic rings. The molecule has 0 atom stereocenters. The predicted molar refractivity (Wildman–Crippen MR) is 79.9 cm³/mol. The van der Waals surface area contributed by atoms with Crippen LogP contribution in [-0.4, -0.2) is 25.6 Å². The average Bonchev–Trinajstić information content (AvgIpc) is 2.48. The standard InChI is InChI=1S/C16H18O2S/c1-3-7-15(8-4-1)18-12-11-17-13-14-19-16-9-5-2-6-10-16/h1-10H,11-14H2. The lowest BCUT2D eigenvalue weighted by atomic mass is 10.3. The molecule has 0 aliphatic carbocycles. The zero-order valence-electron chi connectivity index (χ0n) is 10.8. The smallest absolute Gasteiger partial charge is 0.119 e. The Balaban J connectivity index is 1.49. The monoisotopic (exact) mass is 274 g/mol. The summed E-state index contributed by atoms with van der Waals surface area (Å²) < 4.78 is 11.1. The van der Waals surface area contributed by atoms with Gasteiger partial charge in [0.05, 0.1) is 13.2 Å². The number of ether oxygens (including phenoxy) is 2. The highest BCUT2D eigenvalue weighted by molar-refractivity contribution is 7.99. The van der Waals surface area contributed by atoms with Gasteiger partial charge in [-0.15, -0.1) is 11.8 Å². The van der Waals surface area contributed by atoms with E-state index in [1.807, 2.05) is 48.2 Å². The van der Waals surface area contributed by atoms with Crippen molar-refractivity contribution in [1.82, 2.24) is 0 Å². The van der Waals surface area contributed by atoms with Crippen LogP contribution in [0.15, 0.2) is 65.6 Å². The normalized spacial score (nSPS) is 10.3. The van der Waals surface area contributed by atoms with Crippen molar-refractivity contribution in [3.8, 4) is 5.75 Å². The lowest BCUT2D eigenvalue weighted by Gasteiger charge is -2.07. The molecule has 0 spiro atoms. The summed E-state index contributed by atoms with van der Waals surface area (Å²) >= 11 is 1.81. The maximum Gasteiger partial charge on any atom is 0.119 e. The lowest BCUT2D eigenvalue weighted by molar-refractivity contribution is 0.112. The summed E-state index contributed by atoms with van der Waals surface area (Å²) in [5.41, 5.74) is 0. The minimum Gasteiger partial charge on any atom is -0.491 e. The fraction of sp³-hybridized carbons (Fsp3) is 0.250. The van der Waals surface area contributed by atoms with E-state index in [1.165, 1.54) is 4.90 Å². The third-order valence-electron chi connectivity index (χ3n) is 2.48. The highest BCUT2D eigenvalue weighted by atomic mass is 32.2. The second-order valence-corrected chi connectivity index (χ2v) is 5.10. The number of benzene rings is 2. The molecule has 0 saturated carbocycles. The molecule has 0 saturated heterocycles. The first-order valence-corrected chi connectivity index (χ1v) is 7.37. The van der Waals surface area contributed by atoms with E-state index < -0.39 is 0 Å². The van der Waals surface area contributed by atoms with Crippen LogP contribution in [0.2, 0.25) is 0 Å². The number of hydrogen-bond acceptors (Lipinski definition) is 3. The Bertz CT molecular complexity index is 401. The van der Waals surface area contributed by atoms with E-state index in [-0.39, 0.29) is 0 Å². The maximum absolute atomic E-state index is 5.54. The summed E-state index contributed by atoms with van der Waals surface area (Å²) in [6.07, 6.45) is 0. The highest BCUT2D eigenvalue weighted by Crippen LogP contribution is 2.16. The van der Waals surface area contributed by atoms with Gasteiger partial charge >= 0.3 is 0 Å². The van der Waals surface area contributed by atoms with E-state index in [0.717, 1.165) is 18.1 Å². The van der Waals surface area contributed by atoms with Crippen molar-refractivity contribution in [3.63, 3.8) is 0 Å². The largest absolute Gasteiger partial charge is 0.491 e.